The topological polar surface area (TPSA) is 56.7 Å². The predicted octanol–water partition coefficient (Wildman–Crippen LogP) is 2.69. The minimum Gasteiger partial charge on any atom is -0.465 e. The number of benzene rings is 1. The number of amides is 1. The van der Waals surface area contributed by atoms with E-state index in [9.17, 15) is 4.79 Å². The molecule has 0 unspecified atom stereocenters. The Kier molecular flexibility index (Phi) is 3.36. The zero-order chi connectivity index (χ0) is 14.1. The smallest absolute Gasteiger partial charge is 0.407 e. The Morgan fingerprint density at radius 3 is 2.60 bits per heavy atom. The summed E-state index contributed by atoms with van der Waals surface area (Å²) in [6.07, 6.45) is -0.856. The van der Waals surface area contributed by atoms with Crippen molar-refractivity contribution in [2.24, 2.45) is 0 Å². The van der Waals surface area contributed by atoms with Crippen molar-refractivity contribution in [3.8, 4) is 0 Å². The summed E-state index contributed by atoms with van der Waals surface area (Å²) in [5.41, 5.74) is 0.896. The number of carbonyl (C=O) groups is 1. The van der Waals surface area contributed by atoms with E-state index in [2.05, 4.69) is 9.88 Å². The molecule has 104 valence electrons. The van der Waals surface area contributed by atoms with Crippen molar-refractivity contribution in [3.05, 3.63) is 35.4 Å². The predicted molar refractivity (Wildman–Crippen MR) is 78.6 cm³/mol. The fourth-order valence-electron chi connectivity index (χ4n) is 2.39. The molecule has 1 aromatic carbocycles. The molecule has 0 aliphatic carbocycles. The average molecular weight is 292 g/mol. The first-order valence-electron chi connectivity index (χ1n) is 6.42. The molecule has 1 saturated heterocycles. The summed E-state index contributed by atoms with van der Waals surface area (Å²) in [5, 5.41) is 10.6. The lowest BCUT2D eigenvalue weighted by molar-refractivity contribution is 0.142. The first-order chi connectivity index (χ1) is 9.63. The second-order valence-electron chi connectivity index (χ2n) is 4.76. The van der Waals surface area contributed by atoms with E-state index in [0.29, 0.717) is 31.2 Å². The molecule has 0 saturated carbocycles. The fourth-order valence-corrected chi connectivity index (χ4v) is 2.57. The Hall–Kier alpha value is -2.01. The molecule has 0 spiro atoms. The second-order valence-corrected chi connectivity index (χ2v) is 5.20. The summed E-state index contributed by atoms with van der Waals surface area (Å²) in [6, 6.07) is 9.55. The summed E-state index contributed by atoms with van der Waals surface area (Å²) in [6.45, 7) is 2.35. The van der Waals surface area contributed by atoms with Crippen molar-refractivity contribution in [1.29, 1.82) is 0 Å². The number of anilines is 1. The van der Waals surface area contributed by atoms with Crippen molar-refractivity contribution >= 4 is 34.4 Å². The van der Waals surface area contributed by atoms with Crippen LogP contribution in [0.2, 0.25) is 5.02 Å². The minimum atomic E-state index is -0.856. The Morgan fingerprint density at radius 1 is 1.15 bits per heavy atom. The van der Waals surface area contributed by atoms with Gasteiger partial charge in [-0.05, 0) is 30.3 Å². The lowest BCUT2D eigenvalue weighted by atomic mass is 10.2. The van der Waals surface area contributed by atoms with Crippen LogP contribution in [-0.4, -0.2) is 47.3 Å². The Morgan fingerprint density at radius 2 is 1.90 bits per heavy atom. The Bertz CT molecular complexity index is 654. The monoisotopic (exact) mass is 291 g/mol. The van der Waals surface area contributed by atoms with Gasteiger partial charge in [-0.3, -0.25) is 0 Å². The van der Waals surface area contributed by atoms with Gasteiger partial charge in [0.2, 0.25) is 0 Å². The maximum atomic E-state index is 10.9. The van der Waals surface area contributed by atoms with Gasteiger partial charge in [0.25, 0.3) is 0 Å². The van der Waals surface area contributed by atoms with Crippen LogP contribution in [0.15, 0.2) is 30.3 Å². The summed E-state index contributed by atoms with van der Waals surface area (Å²) < 4.78 is 0. The van der Waals surface area contributed by atoms with Crippen LogP contribution in [0.3, 0.4) is 0 Å². The van der Waals surface area contributed by atoms with E-state index in [1.807, 2.05) is 30.3 Å². The summed E-state index contributed by atoms with van der Waals surface area (Å²) in [7, 11) is 0. The van der Waals surface area contributed by atoms with Crippen LogP contribution in [0.5, 0.6) is 0 Å². The van der Waals surface area contributed by atoms with Gasteiger partial charge >= 0.3 is 6.09 Å². The molecule has 2 heterocycles. The molecule has 1 aliphatic rings. The molecule has 0 radical (unpaired) electrons. The van der Waals surface area contributed by atoms with Crippen molar-refractivity contribution in [2.45, 2.75) is 0 Å². The van der Waals surface area contributed by atoms with Gasteiger partial charge in [-0.25, -0.2) is 9.78 Å². The highest BCUT2D eigenvalue weighted by Gasteiger charge is 2.21. The highest BCUT2D eigenvalue weighted by Crippen LogP contribution is 2.22. The molecule has 1 fully saturated rings. The number of hydrogen-bond donors (Lipinski definition) is 1. The van der Waals surface area contributed by atoms with Gasteiger partial charge in [-0.15, -0.1) is 0 Å². The average Bonchev–Trinajstić information content (AvgIpc) is 2.47. The quantitative estimate of drug-likeness (QED) is 0.878. The lowest BCUT2D eigenvalue weighted by Crippen LogP contribution is -2.48. The van der Waals surface area contributed by atoms with Crippen LogP contribution < -0.4 is 4.90 Å². The van der Waals surface area contributed by atoms with Crippen LogP contribution in [0.25, 0.3) is 10.9 Å². The minimum absolute atomic E-state index is 0.510. The zero-order valence-corrected chi connectivity index (χ0v) is 11.5. The number of hydrogen-bond acceptors (Lipinski definition) is 3. The molecule has 6 heteroatoms. The molecule has 0 atom stereocenters. The largest absolute Gasteiger partial charge is 0.465 e. The number of pyridine rings is 1. The van der Waals surface area contributed by atoms with Gasteiger partial charge in [-0.1, -0.05) is 11.6 Å². The van der Waals surface area contributed by atoms with Crippen LogP contribution >= 0.6 is 11.6 Å². The number of fused-ring (bicyclic) bond motifs is 1. The number of halogens is 1. The third-order valence-electron chi connectivity index (χ3n) is 3.51. The molecule has 1 N–H and O–H groups in total. The van der Waals surface area contributed by atoms with Crippen molar-refractivity contribution in [3.63, 3.8) is 0 Å². The number of aromatic nitrogens is 1. The molecule has 3 rings (SSSR count). The third kappa shape index (κ3) is 2.49. The van der Waals surface area contributed by atoms with E-state index in [0.717, 1.165) is 16.7 Å². The summed E-state index contributed by atoms with van der Waals surface area (Å²) in [5.74, 6) is 0.880. The van der Waals surface area contributed by atoms with E-state index in [-0.39, 0.29) is 0 Å². The van der Waals surface area contributed by atoms with Crippen molar-refractivity contribution in [2.75, 3.05) is 31.1 Å². The molecular weight excluding hydrogens is 278 g/mol. The molecular formula is C14H14ClN3O2. The van der Waals surface area contributed by atoms with E-state index < -0.39 is 6.09 Å². The lowest BCUT2D eigenvalue weighted by Gasteiger charge is -2.33. The summed E-state index contributed by atoms with van der Waals surface area (Å²) in [4.78, 5) is 19.0. The van der Waals surface area contributed by atoms with Gasteiger partial charge in [0, 0.05) is 36.6 Å². The number of rotatable bonds is 1. The van der Waals surface area contributed by atoms with Gasteiger partial charge in [0.1, 0.15) is 5.82 Å². The van der Waals surface area contributed by atoms with Crippen molar-refractivity contribution in [1.82, 2.24) is 9.88 Å². The number of carboxylic acid groups (broad SMARTS) is 1. The fraction of sp³-hybridized carbons (Fsp3) is 0.286. The zero-order valence-electron chi connectivity index (χ0n) is 10.8. The maximum Gasteiger partial charge on any atom is 0.407 e. The molecule has 1 aromatic heterocycles. The second kappa shape index (κ2) is 5.17. The first kappa shape index (κ1) is 13.0. The highest BCUT2D eigenvalue weighted by molar-refractivity contribution is 6.31. The van der Waals surface area contributed by atoms with E-state index >= 15 is 0 Å². The molecule has 1 amide bonds. The normalized spacial score (nSPS) is 15.7. The van der Waals surface area contributed by atoms with Crippen molar-refractivity contribution < 1.29 is 9.90 Å². The molecule has 2 aromatic rings. The number of nitrogens with zero attached hydrogens (tertiary/aromatic N) is 3. The Labute approximate surface area is 121 Å². The Balaban J connectivity index is 1.81. The van der Waals surface area contributed by atoms with Crippen LogP contribution in [0.1, 0.15) is 0 Å². The molecule has 5 nitrogen and oxygen atoms in total. The van der Waals surface area contributed by atoms with Crippen LogP contribution in [0.4, 0.5) is 10.6 Å². The van der Waals surface area contributed by atoms with Crippen LogP contribution in [-0.2, 0) is 0 Å². The highest BCUT2D eigenvalue weighted by atomic mass is 35.5. The van der Waals surface area contributed by atoms with Gasteiger partial charge in [0.05, 0.1) is 5.52 Å². The first-order valence-corrected chi connectivity index (χ1v) is 6.80. The molecule has 1 aliphatic heterocycles. The van der Waals surface area contributed by atoms with Crippen LogP contribution in [0, 0.1) is 0 Å². The summed E-state index contributed by atoms with van der Waals surface area (Å²) >= 11 is 5.95. The number of piperazine rings is 1. The third-order valence-corrected chi connectivity index (χ3v) is 3.75. The molecule has 0 bridgehead atoms. The standard InChI is InChI=1S/C14H14ClN3O2/c15-11-2-3-12-10(9-11)1-4-13(16-12)17-5-7-18(8-6-17)14(19)20/h1-4,9H,5-8H2,(H,19,20). The van der Waals surface area contributed by atoms with Gasteiger partial charge in [-0.2, -0.15) is 0 Å². The van der Waals surface area contributed by atoms with Gasteiger partial charge in [0.15, 0.2) is 0 Å². The van der Waals surface area contributed by atoms with E-state index in [1.54, 1.807) is 0 Å². The van der Waals surface area contributed by atoms with Gasteiger partial charge < -0.3 is 14.9 Å². The SMILES string of the molecule is O=C(O)N1CCN(c2ccc3cc(Cl)ccc3n2)CC1. The maximum absolute atomic E-state index is 10.9. The van der Waals surface area contributed by atoms with E-state index in [4.69, 9.17) is 16.7 Å². The molecule has 20 heavy (non-hydrogen) atoms. The van der Waals surface area contributed by atoms with E-state index in [1.165, 1.54) is 4.90 Å².